The Bertz CT molecular complexity index is 756. The van der Waals surface area contributed by atoms with E-state index in [9.17, 15) is 14.0 Å². The smallest absolute Gasteiger partial charge is 0.307 e. The van der Waals surface area contributed by atoms with Crippen LogP contribution in [0.4, 0.5) is 4.39 Å². The lowest BCUT2D eigenvalue weighted by Crippen LogP contribution is -2.37. The second kappa shape index (κ2) is 7.42. The number of nitrogens with zero attached hydrogens (tertiary/aromatic N) is 2. The molecule has 1 fully saturated rings. The van der Waals surface area contributed by atoms with Gasteiger partial charge in [-0.2, -0.15) is 4.98 Å². The minimum absolute atomic E-state index is 0.0199. The lowest BCUT2D eigenvalue weighted by molar-refractivity contribution is -0.154. The van der Waals surface area contributed by atoms with Gasteiger partial charge in [-0.15, -0.1) is 0 Å². The van der Waals surface area contributed by atoms with Crippen molar-refractivity contribution in [2.45, 2.75) is 44.8 Å². The maximum atomic E-state index is 12.9. The molecule has 1 aliphatic rings. The van der Waals surface area contributed by atoms with Gasteiger partial charge in [0.15, 0.2) is 6.10 Å². The number of carbonyl (C=O) groups excluding carboxylic acids is 2. The van der Waals surface area contributed by atoms with Crippen molar-refractivity contribution in [2.24, 2.45) is 0 Å². The third kappa shape index (κ3) is 4.85. The van der Waals surface area contributed by atoms with E-state index in [0.717, 1.165) is 12.8 Å². The fourth-order valence-corrected chi connectivity index (χ4v) is 2.14. The van der Waals surface area contributed by atoms with Crippen LogP contribution in [0.3, 0.4) is 0 Å². The van der Waals surface area contributed by atoms with Gasteiger partial charge < -0.3 is 14.6 Å². The number of aryl methyl sites for hydroxylation is 1. The molecule has 25 heavy (non-hydrogen) atoms. The number of carbonyl (C=O) groups is 2. The van der Waals surface area contributed by atoms with E-state index < -0.39 is 12.1 Å². The van der Waals surface area contributed by atoms with Gasteiger partial charge in [-0.05, 0) is 44.0 Å². The minimum atomic E-state index is -0.828. The summed E-state index contributed by atoms with van der Waals surface area (Å²) < 4.78 is 23.1. The van der Waals surface area contributed by atoms with Crippen molar-refractivity contribution < 1.29 is 23.2 Å². The maximum Gasteiger partial charge on any atom is 0.307 e. The summed E-state index contributed by atoms with van der Waals surface area (Å²) in [6, 6.07) is 5.90. The zero-order valence-electron chi connectivity index (χ0n) is 13.7. The third-order valence-corrected chi connectivity index (χ3v) is 3.71. The van der Waals surface area contributed by atoms with Crippen molar-refractivity contribution in [3.05, 3.63) is 36.0 Å². The third-order valence-electron chi connectivity index (χ3n) is 3.71. The van der Waals surface area contributed by atoms with Crippen molar-refractivity contribution in [2.75, 3.05) is 0 Å². The molecule has 1 N–H and O–H groups in total. The zero-order chi connectivity index (χ0) is 17.8. The largest absolute Gasteiger partial charge is 0.453 e. The van der Waals surface area contributed by atoms with E-state index in [-0.39, 0.29) is 36.5 Å². The Morgan fingerprint density at radius 3 is 2.76 bits per heavy atom. The molecule has 1 aromatic heterocycles. The van der Waals surface area contributed by atoms with Crippen molar-refractivity contribution in [1.29, 1.82) is 0 Å². The van der Waals surface area contributed by atoms with Crippen LogP contribution < -0.4 is 5.32 Å². The first kappa shape index (κ1) is 17.1. The first-order valence-electron chi connectivity index (χ1n) is 8.09. The van der Waals surface area contributed by atoms with Crippen LogP contribution in [0.5, 0.6) is 0 Å². The predicted octanol–water partition coefficient (Wildman–Crippen LogP) is 2.02. The van der Waals surface area contributed by atoms with Gasteiger partial charge in [-0.25, -0.2) is 4.39 Å². The summed E-state index contributed by atoms with van der Waals surface area (Å²) in [6.45, 7) is 1.54. The molecular weight excluding hydrogens is 329 g/mol. The van der Waals surface area contributed by atoms with E-state index in [1.165, 1.54) is 19.1 Å². The highest BCUT2D eigenvalue weighted by Gasteiger charge is 2.27. The van der Waals surface area contributed by atoms with Gasteiger partial charge in [-0.1, -0.05) is 5.16 Å². The number of amides is 1. The highest BCUT2D eigenvalue weighted by molar-refractivity contribution is 5.83. The molecule has 1 saturated carbocycles. The summed E-state index contributed by atoms with van der Waals surface area (Å²) in [6.07, 6.45) is 1.33. The maximum absolute atomic E-state index is 12.9. The van der Waals surface area contributed by atoms with Crippen molar-refractivity contribution in [3.63, 3.8) is 0 Å². The molecule has 1 aliphatic carbocycles. The van der Waals surface area contributed by atoms with Crippen molar-refractivity contribution in [3.8, 4) is 11.4 Å². The van der Waals surface area contributed by atoms with Crippen LogP contribution >= 0.6 is 0 Å². The molecule has 0 saturated heterocycles. The van der Waals surface area contributed by atoms with Crippen LogP contribution in [0, 0.1) is 5.82 Å². The van der Waals surface area contributed by atoms with E-state index in [1.807, 2.05) is 0 Å². The molecule has 1 aromatic carbocycles. The number of hydrogen-bond donors (Lipinski definition) is 1. The molecule has 132 valence electrons. The second-order valence-corrected chi connectivity index (χ2v) is 5.93. The summed E-state index contributed by atoms with van der Waals surface area (Å²) in [4.78, 5) is 27.7. The lowest BCUT2D eigenvalue weighted by Gasteiger charge is -2.12. The number of halogens is 1. The van der Waals surface area contributed by atoms with Crippen LogP contribution in [-0.2, 0) is 20.7 Å². The van der Waals surface area contributed by atoms with Gasteiger partial charge in [0.1, 0.15) is 5.82 Å². The Morgan fingerprint density at radius 2 is 2.08 bits per heavy atom. The van der Waals surface area contributed by atoms with E-state index >= 15 is 0 Å². The standard InChI is InChI=1S/C17H18FN3O4/c1-10(17(23)19-13-6-7-13)24-15(22)9-8-14-20-16(21-25-14)11-2-4-12(18)5-3-11/h2-5,10,13H,6-9H2,1H3,(H,19,23). The SMILES string of the molecule is CC(OC(=O)CCc1nc(-c2ccc(F)cc2)no1)C(=O)NC1CC1. The van der Waals surface area contributed by atoms with E-state index in [1.54, 1.807) is 12.1 Å². The average Bonchev–Trinajstić information content (AvgIpc) is 3.28. The number of rotatable bonds is 7. The van der Waals surface area contributed by atoms with Gasteiger partial charge in [0, 0.05) is 18.0 Å². The zero-order valence-corrected chi connectivity index (χ0v) is 13.7. The Hall–Kier alpha value is -2.77. The van der Waals surface area contributed by atoms with Crippen molar-refractivity contribution in [1.82, 2.24) is 15.5 Å². The van der Waals surface area contributed by atoms with E-state index in [2.05, 4.69) is 15.5 Å². The fraction of sp³-hybridized carbons (Fsp3) is 0.412. The topological polar surface area (TPSA) is 94.3 Å². The number of hydrogen-bond acceptors (Lipinski definition) is 6. The fourth-order valence-electron chi connectivity index (χ4n) is 2.14. The Labute approximate surface area is 143 Å². The van der Waals surface area contributed by atoms with E-state index in [4.69, 9.17) is 9.26 Å². The molecule has 8 heteroatoms. The number of ether oxygens (including phenoxy) is 1. The van der Waals surface area contributed by atoms with Gasteiger partial charge in [-0.3, -0.25) is 9.59 Å². The van der Waals surface area contributed by atoms with Crippen LogP contribution in [0.25, 0.3) is 11.4 Å². The summed E-state index contributed by atoms with van der Waals surface area (Å²) in [5.41, 5.74) is 0.615. The molecule has 1 atom stereocenters. The average molecular weight is 347 g/mol. The van der Waals surface area contributed by atoms with Crippen molar-refractivity contribution >= 4 is 11.9 Å². The van der Waals surface area contributed by atoms with Gasteiger partial charge in [0.2, 0.25) is 11.7 Å². The number of nitrogens with one attached hydrogen (secondary N) is 1. The Kier molecular flexibility index (Phi) is 5.06. The van der Waals surface area contributed by atoms with Crippen LogP contribution in [0.1, 0.15) is 32.1 Å². The molecule has 1 unspecified atom stereocenters. The molecule has 0 radical (unpaired) electrons. The van der Waals surface area contributed by atoms with Gasteiger partial charge >= 0.3 is 5.97 Å². The minimum Gasteiger partial charge on any atom is -0.453 e. The second-order valence-electron chi connectivity index (χ2n) is 5.93. The van der Waals surface area contributed by atoms with Crippen LogP contribution in [0.2, 0.25) is 0 Å². The number of aromatic nitrogens is 2. The first-order chi connectivity index (χ1) is 12.0. The molecule has 7 nitrogen and oxygen atoms in total. The predicted molar refractivity (Wildman–Crippen MR) is 84.7 cm³/mol. The molecule has 1 amide bonds. The molecule has 0 aliphatic heterocycles. The number of esters is 1. The molecule has 1 heterocycles. The summed E-state index contributed by atoms with van der Waals surface area (Å²) in [5, 5.41) is 6.57. The van der Waals surface area contributed by atoms with Gasteiger partial charge in [0.05, 0.1) is 6.42 Å². The lowest BCUT2D eigenvalue weighted by atomic mass is 10.2. The number of benzene rings is 1. The quantitative estimate of drug-likeness (QED) is 0.770. The molecular formula is C17H18FN3O4. The van der Waals surface area contributed by atoms with E-state index in [0.29, 0.717) is 11.4 Å². The highest BCUT2D eigenvalue weighted by Crippen LogP contribution is 2.19. The molecule has 0 spiro atoms. The molecule has 3 rings (SSSR count). The summed E-state index contributed by atoms with van der Waals surface area (Å²) in [7, 11) is 0. The summed E-state index contributed by atoms with van der Waals surface area (Å²) in [5.74, 6) is -0.561. The van der Waals surface area contributed by atoms with Crippen LogP contribution in [0.15, 0.2) is 28.8 Å². The Balaban J connectivity index is 1.47. The first-order valence-corrected chi connectivity index (χ1v) is 8.09. The molecule has 2 aromatic rings. The normalized spacial score (nSPS) is 14.8. The van der Waals surface area contributed by atoms with Crippen LogP contribution in [-0.4, -0.2) is 34.2 Å². The monoisotopic (exact) mass is 347 g/mol. The summed E-state index contributed by atoms with van der Waals surface area (Å²) >= 11 is 0. The highest BCUT2D eigenvalue weighted by atomic mass is 19.1. The Morgan fingerprint density at radius 1 is 1.36 bits per heavy atom. The molecule has 0 bridgehead atoms. The van der Waals surface area contributed by atoms with Gasteiger partial charge in [0.25, 0.3) is 5.91 Å².